The molecule has 24 heavy (non-hydrogen) atoms. The van der Waals surface area contributed by atoms with E-state index < -0.39 is 48.9 Å². The average molecular weight is 346 g/mol. The Morgan fingerprint density at radius 3 is 2.58 bits per heavy atom. The van der Waals surface area contributed by atoms with Gasteiger partial charge in [0.1, 0.15) is 12.1 Å². The number of alkyl halides is 2. The van der Waals surface area contributed by atoms with Crippen molar-refractivity contribution in [3.8, 4) is 0 Å². The summed E-state index contributed by atoms with van der Waals surface area (Å²) in [5.74, 6) is -3.93. The number of hydrogen-bond acceptors (Lipinski definition) is 4. The summed E-state index contributed by atoms with van der Waals surface area (Å²) < 4.78 is 26.1. The predicted molar refractivity (Wildman–Crippen MR) is 82.2 cm³/mol. The molecule has 2 rings (SSSR count). The van der Waals surface area contributed by atoms with Crippen molar-refractivity contribution in [1.29, 1.82) is 0 Å². The van der Waals surface area contributed by atoms with E-state index in [9.17, 15) is 23.2 Å². The highest BCUT2D eigenvalue weighted by Gasteiger charge is 2.52. The molecule has 1 saturated heterocycles. The van der Waals surface area contributed by atoms with Gasteiger partial charge >= 0.3 is 6.03 Å². The zero-order valence-corrected chi connectivity index (χ0v) is 13.7. The van der Waals surface area contributed by atoms with Crippen molar-refractivity contribution in [3.05, 3.63) is 0 Å². The topological polar surface area (TPSA) is 105 Å². The Morgan fingerprint density at radius 2 is 2.04 bits per heavy atom. The van der Waals surface area contributed by atoms with Crippen molar-refractivity contribution in [2.75, 3.05) is 19.6 Å². The van der Waals surface area contributed by atoms with Crippen molar-refractivity contribution < 1.29 is 23.2 Å². The largest absolute Gasteiger partial charge is 0.348 e. The van der Waals surface area contributed by atoms with Crippen molar-refractivity contribution >= 4 is 17.8 Å². The first kappa shape index (κ1) is 18.6. The molecule has 0 aromatic rings. The summed E-state index contributed by atoms with van der Waals surface area (Å²) in [7, 11) is 0. The smallest absolute Gasteiger partial charge is 0.325 e. The van der Waals surface area contributed by atoms with Crippen molar-refractivity contribution in [2.45, 2.75) is 50.5 Å². The fourth-order valence-electron chi connectivity index (χ4n) is 3.24. The maximum absolute atomic E-state index is 13.0. The first-order valence-corrected chi connectivity index (χ1v) is 8.22. The van der Waals surface area contributed by atoms with Crippen LogP contribution >= 0.6 is 0 Å². The molecule has 4 N–H and O–H groups in total. The molecule has 0 atom stereocenters. The summed E-state index contributed by atoms with van der Waals surface area (Å²) in [6.45, 7) is -0.289. The van der Waals surface area contributed by atoms with Gasteiger partial charge in [0, 0.05) is 0 Å². The number of nitrogens with one attached hydrogen (secondary N) is 2. The monoisotopic (exact) mass is 346 g/mol. The summed E-state index contributed by atoms with van der Waals surface area (Å²) in [6.07, 6.45) is 3.79. The van der Waals surface area contributed by atoms with Gasteiger partial charge in [-0.2, -0.15) is 0 Å². The molecule has 1 aliphatic heterocycles. The Hall–Kier alpha value is -1.77. The molecule has 0 aromatic carbocycles. The van der Waals surface area contributed by atoms with E-state index in [0.29, 0.717) is 18.8 Å². The zero-order valence-electron chi connectivity index (χ0n) is 13.7. The molecule has 1 saturated carbocycles. The lowest BCUT2D eigenvalue weighted by Crippen LogP contribution is -2.50. The Kier molecular flexibility index (Phi) is 5.42. The summed E-state index contributed by atoms with van der Waals surface area (Å²) in [5, 5.41) is 4.70. The number of rotatable bonds is 6. The Bertz CT molecular complexity index is 519. The van der Waals surface area contributed by atoms with Gasteiger partial charge in [-0.15, -0.1) is 0 Å². The van der Waals surface area contributed by atoms with Crippen LogP contribution in [0.1, 0.15) is 39.0 Å². The Labute approximate surface area is 139 Å². The van der Waals surface area contributed by atoms with E-state index in [4.69, 9.17) is 5.73 Å². The van der Waals surface area contributed by atoms with E-state index in [1.807, 2.05) is 5.32 Å². The van der Waals surface area contributed by atoms with Gasteiger partial charge in [-0.05, 0) is 31.6 Å². The molecule has 1 heterocycles. The Morgan fingerprint density at radius 1 is 1.42 bits per heavy atom. The summed E-state index contributed by atoms with van der Waals surface area (Å²) in [5.41, 5.74) is 3.95. The summed E-state index contributed by atoms with van der Waals surface area (Å²) >= 11 is 0. The normalized spacial score (nSPS) is 27.5. The van der Waals surface area contributed by atoms with E-state index in [1.165, 1.54) is 0 Å². The van der Waals surface area contributed by atoms with Crippen LogP contribution in [0.15, 0.2) is 0 Å². The quantitative estimate of drug-likeness (QED) is 0.612. The van der Waals surface area contributed by atoms with E-state index >= 15 is 0 Å². The second kappa shape index (κ2) is 7.00. The maximum Gasteiger partial charge on any atom is 0.325 e. The number of imide groups is 1. The summed E-state index contributed by atoms with van der Waals surface area (Å²) in [4.78, 5) is 37.2. The van der Waals surface area contributed by atoms with Crippen molar-refractivity contribution in [1.82, 2.24) is 15.5 Å². The highest BCUT2D eigenvalue weighted by atomic mass is 19.3. The molecule has 0 radical (unpaired) electrons. The fraction of sp³-hybridized carbons (Fsp3) is 0.800. The minimum absolute atomic E-state index is 0.442. The molecule has 7 nitrogen and oxygen atoms in total. The number of nitrogens with zero attached hydrogens (tertiary/aromatic N) is 1. The molecule has 2 fully saturated rings. The lowest BCUT2D eigenvalue weighted by Gasteiger charge is -2.34. The first-order chi connectivity index (χ1) is 11.2. The number of nitrogens with two attached hydrogens (primary N) is 1. The zero-order chi connectivity index (χ0) is 18.0. The second-order valence-electron chi connectivity index (χ2n) is 6.59. The van der Waals surface area contributed by atoms with Crippen LogP contribution in [-0.2, 0) is 9.59 Å². The third kappa shape index (κ3) is 3.82. The number of amides is 4. The minimum atomic E-state index is -3.22. The highest BCUT2D eigenvalue weighted by Crippen LogP contribution is 2.37. The molecule has 0 bridgehead atoms. The van der Waals surface area contributed by atoms with Crippen molar-refractivity contribution in [3.63, 3.8) is 0 Å². The second-order valence-corrected chi connectivity index (χ2v) is 6.59. The standard InChI is InChI=1S/C15H24F2N4O3/c1-2-10-3-5-14(6-4-10)12(23)21(13(24)20-14)7-11(22)19-9-15(16,17)8-18/h10H,2-9,18H2,1H3,(H,19,22)(H,20,24). The molecule has 1 spiro atoms. The van der Waals surface area contributed by atoms with Gasteiger partial charge in [0.05, 0.1) is 13.1 Å². The molecule has 0 unspecified atom stereocenters. The van der Waals surface area contributed by atoms with Crippen LogP contribution in [0, 0.1) is 5.92 Å². The molecule has 1 aliphatic carbocycles. The van der Waals surface area contributed by atoms with Crippen LogP contribution in [0.5, 0.6) is 0 Å². The van der Waals surface area contributed by atoms with Gasteiger partial charge in [-0.3, -0.25) is 14.5 Å². The van der Waals surface area contributed by atoms with Gasteiger partial charge in [-0.1, -0.05) is 13.3 Å². The molecule has 0 aromatic heterocycles. The first-order valence-electron chi connectivity index (χ1n) is 8.22. The van der Waals surface area contributed by atoms with E-state index in [2.05, 4.69) is 12.2 Å². The van der Waals surface area contributed by atoms with Crippen LogP contribution in [-0.4, -0.2) is 53.8 Å². The third-order valence-corrected chi connectivity index (χ3v) is 4.93. The van der Waals surface area contributed by atoms with Crippen molar-refractivity contribution in [2.24, 2.45) is 11.7 Å². The van der Waals surface area contributed by atoms with Crippen LogP contribution in [0.4, 0.5) is 13.6 Å². The number of hydrogen-bond donors (Lipinski definition) is 3. The lowest BCUT2D eigenvalue weighted by atomic mass is 9.75. The molecular weight excluding hydrogens is 322 g/mol. The van der Waals surface area contributed by atoms with Gasteiger partial charge in [0.15, 0.2) is 0 Å². The Balaban J connectivity index is 1.94. The third-order valence-electron chi connectivity index (χ3n) is 4.93. The van der Waals surface area contributed by atoms with Crippen LogP contribution in [0.2, 0.25) is 0 Å². The number of halogens is 2. The highest BCUT2D eigenvalue weighted by molar-refractivity contribution is 6.09. The lowest BCUT2D eigenvalue weighted by molar-refractivity contribution is -0.136. The average Bonchev–Trinajstić information content (AvgIpc) is 2.78. The number of urea groups is 1. The molecule has 9 heteroatoms. The molecule has 4 amide bonds. The summed E-state index contributed by atoms with van der Waals surface area (Å²) in [6, 6.07) is -0.643. The van der Waals surface area contributed by atoms with Crippen LogP contribution in [0.3, 0.4) is 0 Å². The SMILES string of the molecule is CCC1CCC2(CC1)NC(=O)N(CC(=O)NCC(F)(F)CN)C2=O. The van der Waals surface area contributed by atoms with Gasteiger partial charge in [-0.25, -0.2) is 13.6 Å². The van der Waals surface area contributed by atoms with E-state index in [0.717, 1.165) is 24.2 Å². The molecule has 2 aliphatic rings. The van der Waals surface area contributed by atoms with Gasteiger partial charge < -0.3 is 16.4 Å². The molecular formula is C15H24F2N4O3. The van der Waals surface area contributed by atoms with E-state index in [1.54, 1.807) is 0 Å². The van der Waals surface area contributed by atoms with Gasteiger partial charge in [0.2, 0.25) is 5.91 Å². The minimum Gasteiger partial charge on any atom is -0.348 e. The number of carbonyl (C=O) groups excluding carboxylic acids is 3. The van der Waals surface area contributed by atoms with Crippen LogP contribution < -0.4 is 16.4 Å². The van der Waals surface area contributed by atoms with E-state index in [-0.39, 0.29) is 0 Å². The molecule has 136 valence electrons. The fourth-order valence-corrected chi connectivity index (χ4v) is 3.24. The maximum atomic E-state index is 13.0. The van der Waals surface area contributed by atoms with Crippen LogP contribution in [0.25, 0.3) is 0 Å². The van der Waals surface area contributed by atoms with Gasteiger partial charge in [0.25, 0.3) is 11.8 Å². The predicted octanol–water partition coefficient (Wildman–Crippen LogP) is 0.587. The number of carbonyl (C=O) groups is 3.